The highest BCUT2D eigenvalue weighted by Gasteiger charge is 2.52. The van der Waals surface area contributed by atoms with Crippen LogP contribution in [0.15, 0.2) is 48.8 Å². The molecule has 4 atom stereocenters. The van der Waals surface area contributed by atoms with Crippen molar-refractivity contribution in [2.45, 2.75) is 43.6 Å². The lowest BCUT2D eigenvalue weighted by Gasteiger charge is -2.31. The maximum Gasteiger partial charge on any atom is 0.225 e. The van der Waals surface area contributed by atoms with E-state index in [2.05, 4.69) is 21.3 Å². The van der Waals surface area contributed by atoms with Crippen molar-refractivity contribution in [3.05, 3.63) is 60.3 Å². The molecule has 212 valence electrons. The minimum atomic E-state index is -2.97. The van der Waals surface area contributed by atoms with Crippen LogP contribution in [-0.4, -0.2) is 59.2 Å². The zero-order valence-electron chi connectivity index (χ0n) is 22.5. The Labute approximate surface area is 238 Å². The van der Waals surface area contributed by atoms with Crippen LogP contribution < -0.4 is 10.2 Å². The summed E-state index contributed by atoms with van der Waals surface area (Å²) in [6.45, 7) is 0.930. The van der Waals surface area contributed by atoms with Crippen molar-refractivity contribution in [2.75, 3.05) is 29.5 Å². The van der Waals surface area contributed by atoms with Gasteiger partial charge in [0, 0.05) is 42.4 Å². The van der Waals surface area contributed by atoms with Crippen molar-refractivity contribution in [2.24, 2.45) is 17.8 Å². The van der Waals surface area contributed by atoms with Crippen LogP contribution in [0.1, 0.15) is 43.7 Å². The number of aromatic nitrogens is 3. The van der Waals surface area contributed by atoms with E-state index < -0.39 is 21.2 Å². The van der Waals surface area contributed by atoms with E-state index in [1.165, 1.54) is 6.07 Å². The minimum Gasteiger partial charge on any atom is -0.369 e. The molecule has 11 heteroatoms. The number of sulfone groups is 1. The number of nitrogens with zero attached hydrogens (tertiary/aromatic N) is 5. The first kappa shape index (κ1) is 26.1. The first-order valence-corrected chi connectivity index (χ1v) is 16.1. The quantitative estimate of drug-likeness (QED) is 0.478. The third-order valence-corrected chi connectivity index (χ3v) is 10.9. The number of benzene rings is 1. The number of hydrogen-bond donors (Lipinski definition) is 1. The Morgan fingerprint density at radius 3 is 2.44 bits per heavy atom. The van der Waals surface area contributed by atoms with Crippen LogP contribution in [0.2, 0.25) is 0 Å². The second-order valence-electron chi connectivity index (χ2n) is 12.0. The van der Waals surface area contributed by atoms with Crippen molar-refractivity contribution in [1.82, 2.24) is 20.1 Å². The van der Waals surface area contributed by atoms with Crippen LogP contribution in [0.5, 0.6) is 0 Å². The van der Waals surface area contributed by atoms with Gasteiger partial charge in [0.05, 0.1) is 29.5 Å². The molecule has 4 aliphatic rings. The molecule has 3 aliphatic carbocycles. The lowest BCUT2D eigenvalue weighted by atomic mass is 9.75. The van der Waals surface area contributed by atoms with Gasteiger partial charge in [-0.2, -0.15) is 10.4 Å². The fraction of sp³-hybridized carbons (Fsp3) is 0.467. The maximum absolute atomic E-state index is 13.6. The smallest absolute Gasteiger partial charge is 0.225 e. The van der Waals surface area contributed by atoms with Crippen LogP contribution >= 0.6 is 0 Å². The van der Waals surface area contributed by atoms with Gasteiger partial charge in [0.15, 0.2) is 15.7 Å². The lowest BCUT2D eigenvalue weighted by molar-refractivity contribution is -0.127. The summed E-state index contributed by atoms with van der Waals surface area (Å²) in [6.07, 6.45) is 7.16. The molecular weight excluding hydrogens is 543 g/mol. The Kier molecular flexibility index (Phi) is 6.15. The average molecular weight is 575 g/mol. The highest BCUT2D eigenvalue weighted by molar-refractivity contribution is 7.91. The Morgan fingerprint density at radius 2 is 1.78 bits per heavy atom. The Hall–Kier alpha value is -3.78. The largest absolute Gasteiger partial charge is 0.369 e. The summed E-state index contributed by atoms with van der Waals surface area (Å²) in [4.78, 5) is 19.9. The molecule has 4 fully saturated rings. The number of pyridine rings is 1. The van der Waals surface area contributed by atoms with Crippen LogP contribution in [0, 0.1) is 34.9 Å². The number of nitriles is 1. The molecule has 3 heterocycles. The fourth-order valence-electron chi connectivity index (χ4n) is 6.51. The average Bonchev–Trinajstić information content (AvgIpc) is 3.88. The topological polar surface area (TPSA) is 121 Å². The third kappa shape index (κ3) is 5.10. The first-order valence-electron chi connectivity index (χ1n) is 14.2. The fourth-order valence-corrected chi connectivity index (χ4v) is 7.71. The number of halogens is 1. The van der Waals surface area contributed by atoms with Crippen molar-refractivity contribution in [3.63, 3.8) is 0 Å². The Morgan fingerprint density at radius 1 is 1.05 bits per heavy atom. The van der Waals surface area contributed by atoms with E-state index in [0.29, 0.717) is 43.6 Å². The Balaban J connectivity index is 1.24. The van der Waals surface area contributed by atoms with Crippen molar-refractivity contribution in [1.29, 1.82) is 5.26 Å². The predicted molar refractivity (Wildman–Crippen MR) is 150 cm³/mol. The number of nitrogens with one attached hydrogen (secondary N) is 1. The normalized spacial score (nSPS) is 27.4. The van der Waals surface area contributed by atoms with E-state index in [0.717, 1.165) is 48.0 Å². The van der Waals surface area contributed by atoms with Gasteiger partial charge in [0.1, 0.15) is 11.4 Å². The van der Waals surface area contributed by atoms with Gasteiger partial charge in [-0.15, -0.1) is 0 Å². The second kappa shape index (κ2) is 9.65. The molecule has 1 N–H and O–H groups in total. The molecule has 1 aromatic carbocycles. The molecule has 3 aromatic rings. The first-order chi connectivity index (χ1) is 19.7. The second-order valence-corrected chi connectivity index (χ2v) is 14.3. The standard InChI is InChI=1S/C30H31FN6O3S/c31-22-3-6-27(33-16-22)37-17-26(19-1-4-23(5-2-19)36-9-11-41(39,40)12-10-36)28(35-37)24-14-20-13-21(20)15-25(24)29(38)34-30(18-32)7-8-30/h1-6,16-17,20-21,24-25H,7-15H2,(H,34,38)/t20-,21+,24-,25-/m1/s1. The minimum absolute atomic E-state index is 0.0739. The number of hydrogen-bond acceptors (Lipinski definition) is 7. The molecular formula is C30H31FN6O3S. The molecule has 1 amide bonds. The lowest BCUT2D eigenvalue weighted by Crippen LogP contribution is -2.43. The number of carbonyl (C=O) groups is 1. The summed E-state index contributed by atoms with van der Waals surface area (Å²) in [7, 11) is -2.97. The number of carbonyl (C=O) groups excluding carboxylic acids is 1. The zero-order chi connectivity index (χ0) is 28.4. The summed E-state index contributed by atoms with van der Waals surface area (Å²) >= 11 is 0. The van der Waals surface area contributed by atoms with Gasteiger partial charge in [-0.1, -0.05) is 12.1 Å². The van der Waals surface area contributed by atoms with Crippen molar-refractivity contribution >= 4 is 21.4 Å². The van der Waals surface area contributed by atoms with Crippen molar-refractivity contribution in [3.8, 4) is 23.0 Å². The number of rotatable bonds is 6. The summed E-state index contributed by atoms with van der Waals surface area (Å²) in [6, 6.07) is 13.2. The van der Waals surface area contributed by atoms with Gasteiger partial charge < -0.3 is 10.2 Å². The van der Waals surface area contributed by atoms with Crippen LogP contribution in [0.25, 0.3) is 16.9 Å². The SMILES string of the molecule is N#CC1(NC(=O)[C@@H]2C[C@@H]3C[C@@H]3C[C@H]2c2nn(-c3ccc(F)cn3)cc2-c2ccc(N3CCS(=O)(=O)CC3)cc2)CC1. The Bertz CT molecular complexity index is 1630. The molecule has 0 unspecified atom stereocenters. The molecule has 0 radical (unpaired) electrons. The van der Waals surface area contributed by atoms with Gasteiger partial charge in [0.2, 0.25) is 5.91 Å². The monoisotopic (exact) mass is 574 g/mol. The van der Waals surface area contributed by atoms with E-state index >= 15 is 0 Å². The van der Waals surface area contributed by atoms with E-state index in [1.54, 1.807) is 10.7 Å². The number of anilines is 1. The van der Waals surface area contributed by atoms with E-state index in [-0.39, 0.29) is 29.2 Å². The summed E-state index contributed by atoms with van der Waals surface area (Å²) in [5.41, 5.74) is 2.84. The predicted octanol–water partition coefficient (Wildman–Crippen LogP) is 3.61. The van der Waals surface area contributed by atoms with Gasteiger partial charge in [-0.05, 0) is 73.8 Å². The highest BCUT2D eigenvalue weighted by Crippen LogP contribution is 2.57. The maximum atomic E-state index is 13.6. The van der Waals surface area contributed by atoms with Crippen LogP contribution in [0.3, 0.4) is 0 Å². The van der Waals surface area contributed by atoms with E-state index in [9.17, 15) is 22.9 Å². The molecule has 2 aromatic heterocycles. The summed E-state index contributed by atoms with van der Waals surface area (Å²) in [5.74, 6) is 0.957. The van der Waals surface area contributed by atoms with Crippen LogP contribution in [0.4, 0.5) is 10.1 Å². The zero-order valence-corrected chi connectivity index (χ0v) is 23.4. The van der Waals surface area contributed by atoms with Crippen molar-refractivity contribution < 1.29 is 17.6 Å². The number of fused-ring (bicyclic) bond motifs is 1. The molecule has 0 spiro atoms. The van der Waals surface area contributed by atoms with E-state index in [1.807, 2.05) is 30.5 Å². The molecule has 3 saturated carbocycles. The molecule has 1 aliphatic heterocycles. The van der Waals surface area contributed by atoms with Gasteiger partial charge in [0.25, 0.3) is 0 Å². The van der Waals surface area contributed by atoms with Gasteiger partial charge in [-0.25, -0.2) is 22.5 Å². The number of amides is 1. The molecule has 1 saturated heterocycles. The molecule has 9 nitrogen and oxygen atoms in total. The highest BCUT2D eigenvalue weighted by atomic mass is 32.2. The molecule has 41 heavy (non-hydrogen) atoms. The molecule has 7 rings (SSSR count). The van der Waals surface area contributed by atoms with Crippen LogP contribution in [-0.2, 0) is 14.6 Å². The van der Waals surface area contributed by atoms with Gasteiger partial charge >= 0.3 is 0 Å². The van der Waals surface area contributed by atoms with E-state index in [4.69, 9.17) is 5.10 Å². The summed E-state index contributed by atoms with van der Waals surface area (Å²) < 4.78 is 39.1. The van der Waals surface area contributed by atoms with Gasteiger partial charge in [-0.3, -0.25) is 4.79 Å². The molecule has 0 bridgehead atoms. The third-order valence-electron chi connectivity index (χ3n) is 9.26. The summed E-state index contributed by atoms with van der Waals surface area (Å²) in [5, 5.41) is 17.6.